The number of aliphatic hydroxyl groups is 1. The van der Waals surface area contributed by atoms with Crippen LogP contribution in [0.5, 0.6) is 0 Å². The number of amides is 1. The number of anilines is 1. The third kappa shape index (κ3) is 2.84. The summed E-state index contributed by atoms with van der Waals surface area (Å²) >= 11 is 0. The number of rotatable bonds is 4. The van der Waals surface area contributed by atoms with Gasteiger partial charge in [0.15, 0.2) is 0 Å². The van der Waals surface area contributed by atoms with Crippen LogP contribution in [-0.4, -0.2) is 34.6 Å². The third-order valence-corrected chi connectivity index (χ3v) is 4.72. The second-order valence-corrected chi connectivity index (χ2v) is 6.29. The molecule has 0 saturated carbocycles. The fraction of sp³-hybridized carbons (Fsp3) is 0.200. The molecule has 4 N–H and O–H groups in total. The summed E-state index contributed by atoms with van der Waals surface area (Å²) in [6, 6.07) is 11.7. The summed E-state index contributed by atoms with van der Waals surface area (Å²) < 4.78 is 0. The second kappa shape index (κ2) is 6.65. The van der Waals surface area contributed by atoms with Crippen molar-refractivity contribution in [2.45, 2.75) is 13.0 Å². The Kier molecular flexibility index (Phi) is 4.18. The zero-order chi connectivity index (χ0) is 18.1. The van der Waals surface area contributed by atoms with Crippen molar-refractivity contribution in [1.82, 2.24) is 15.3 Å². The number of hydrogen-bond acceptors (Lipinski definition) is 4. The number of pyridine rings is 1. The first kappa shape index (κ1) is 16.4. The zero-order valence-corrected chi connectivity index (χ0v) is 14.5. The molecular formula is C20H20N4O2. The van der Waals surface area contributed by atoms with E-state index in [4.69, 9.17) is 0 Å². The summed E-state index contributed by atoms with van der Waals surface area (Å²) in [6.07, 6.45) is 2.57. The van der Waals surface area contributed by atoms with E-state index in [1.165, 1.54) is 0 Å². The fourth-order valence-corrected chi connectivity index (χ4v) is 3.33. The lowest BCUT2D eigenvalue weighted by atomic mass is 10.0. The van der Waals surface area contributed by atoms with E-state index < -0.39 is 0 Å². The highest BCUT2D eigenvalue weighted by Crippen LogP contribution is 2.29. The van der Waals surface area contributed by atoms with Crippen LogP contribution in [0.1, 0.15) is 21.6 Å². The Morgan fingerprint density at radius 2 is 2.08 bits per heavy atom. The minimum atomic E-state index is -0.0395. The van der Waals surface area contributed by atoms with Crippen LogP contribution in [0.4, 0.5) is 5.69 Å². The fourth-order valence-electron chi connectivity index (χ4n) is 3.33. The number of carbonyl (C=O) groups is 1. The Bertz CT molecular complexity index is 978. The van der Waals surface area contributed by atoms with Crippen LogP contribution < -0.4 is 10.6 Å². The van der Waals surface area contributed by atoms with Gasteiger partial charge in [-0.05, 0) is 30.3 Å². The van der Waals surface area contributed by atoms with Gasteiger partial charge in [0.1, 0.15) is 0 Å². The van der Waals surface area contributed by atoms with Crippen LogP contribution in [0.25, 0.3) is 22.5 Å². The first-order chi connectivity index (χ1) is 12.7. The van der Waals surface area contributed by atoms with Gasteiger partial charge in [-0.15, -0.1) is 0 Å². The van der Waals surface area contributed by atoms with E-state index in [1.807, 2.05) is 43.4 Å². The van der Waals surface area contributed by atoms with Gasteiger partial charge in [0.25, 0.3) is 5.91 Å². The summed E-state index contributed by atoms with van der Waals surface area (Å²) in [5, 5.41) is 15.5. The number of nitrogens with one attached hydrogen (secondary N) is 3. The van der Waals surface area contributed by atoms with E-state index in [9.17, 15) is 9.90 Å². The number of carbonyl (C=O) groups excluding carboxylic acids is 1. The number of aliphatic hydroxyl groups excluding tert-OH is 1. The van der Waals surface area contributed by atoms with Gasteiger partial charge >= 0.3 is 0 Å². The number of fused-ring (bicyclic) bond motifs is 1. The van der Waals surface area contributed by atoms with Crippen LogP contribution in [0, 0.1) is 0 Å². The summed E-state index contributed by atoms with van der Waals surface area (Å²) in [5.74, 6) is -0.0294. The zero-order valence-electron chi connectivity index (χ0n) is 14.5. The standard InChI is InChI=1S/C20H20N4O2/c1-21-16-3-2-12(8-14(16)11-25)18-9-13(4-6-22-18)19-10-15-17(24-19)5-7-23-20(15)26/h2-4,6,8-10,21,24-25H,5,7,11H2,1H3,(H,23,26). The Hall–Kier alpha value is -3.12. The minimum Gasteiger partial charge on any atom is -0.392 e. The molecular weight excluding hydrogens is 328 g/mol. The number of aromatic amines is 1. The summed E-state index contributed by atoms with van der Waals surface area (Å²) in [6.45, 7) is 0.622. The van der Waals surface area contributed by atoms with Gasteiger partial charge in [-0.1, -0.05) is 6.07 Å². The maximum absolute atomic E-state index is 12.0. The lowest BCUT2D eigenvalue weighted by molar-refractivity contribution is 0.0946. The molecule has 26 heavy (non-hydrogen) atoms. The summed E-state index contributed by atoms with van der Waals surface area (Å²) in [5.41, 5.74) is 7.04. The Labute approximate surface area is 151 Å². The van der Waals surface area contributed by atoms with Crippen molar-refractivity contribution in [2.24, 2.45) is 0 Å². The molecule has 0 radical (unpaired) electrons. The maximum Gasteiger partial charge on any atom is 0.253 e. The quantitative estimate of drug-likeness (QED) is 0.583. The number of aromatic nitrogens is 2. The lowest BCUT2D eigenvalue weighted by Crippen LogP contribution is -2.31. The van der Waals surface area contributed by atoms with Gasteiger partial charge in [-0.2, -0.15) is 0 Å². The highest BCUT2D eigenvalue weighted by molar-refractivity contribution is 5.97. The third-order valence-electron chi connectivity index (χ3n) is 4.72. The first-order valence-electron chi connectivity index (χ1n) is 8.58. The van der Waals surface area contributed by atoms with Crippen molar-refractivity contribution in [1.29, 1.82) is 0 Å². The molecule has 1 amide bonds. The van der Waals surface area contributed by atoms with Crippen molar-refractivity contribution in [3.63, 3.8) is 0 Å². The molecule has 3 aromatic rings. The SMILES string of the molecule is CNc1ccc(-c2cc(-c3cc4c([nH]3)CCNC4=O)ccn2)cc1CO. The monoisotopic (exact) mass is 348 g/mol. The average molecular weight is 348 g/mol. The van der Waals surface area contributed by atoms with Crippen LogP contribution in [-0.2, 0) is 13.0 Å². The van der Waals surface area contributed by atoms with Crippen molar-refractivity contribution in [2.75, 3.05) is 18.9 Å². The van der Waals surface area contributed by atoms with E-state index >= 15 is 0 Å². The highest BCUT2D eigenvalue weighted by atomic mass is 16.3. The Balaban J connectivity index is 1.73. The molecule has 1 aromatic carbocycles. The predicted octanol–water partition coefficient (Wildman–Crippen LogP) is 2.56. The second-order valence-electron chi connectivity index (χ2n) is 6.29. The molecule has 0 atom stereocenters. The van der Waals surface area contributed by atoms with E-state index in [2.05, 4.69) is 20.6 Å². The number of H-pyrrole nitrogens is 1. The largest absolute Gasteiger partial charge is 0.392 e. The lowest BCUT2D eigenvalue weighted by Gasteiger charge is -2.11. The topological polar surface area (TPSA) is 90.0 Å². The smallest absolute Gasteiger partial charge is 0.253 e. The summed E-state index contributed by atoms with van der Waals surface area (Å²) in [4.78, 5) is 19.8. The first-order valence-corrected chi connectivity index (χ1v) is 8.58. The van der Waals surface area contributed by atoms with Crippen LogP contribution in [0.3, 0.4) is 0 Å². The minimum absolute atomic E-state index is 0.0294. The van der Waals surface area contributed by atoms with E-state index in [0.717, 1.165) is 45.9 Å². The molecule has 0 saturated heterocycles. The van der Waals surface area contributed by atoms with E-state index in [0.29, 0.717) is 12.1 Å². The molecule has 0 bridgehead atoms. The molecule has 1 aliphatic rings. The molecule has 0 fully saturated rings. The van der Waals surface area contributed by atoms with Crippen LogP contribution in [0.15, 0.2) is 42.6 Å². The average Bonchev–Trinajstić information content (AvgIpc) is 3.13. The molecule has 0 spiro atoms. The van der Waals surface area contributed by atoms with Gasteiger partial charge in [0.05, 0.1) is 17.9 Å². The van der Waals surface area contributed by atoms with Crippen LogP contribution >= 0.6 is 0 Å². The predicted molar refractivity (Wildman–Crippen MR) is 101 cm³/mol. The van der Waals surface area contributed by atoms with Crippen molar-refractivity contribution >= 4 is 11.6 Å². The van der Waals surface area contributed by atoms with Gasteiger partial charge < -0.3 is 20.7 Å². The number of hydrogen-bond donors (Lipinski definition) is 4. The molecule has 0 aliphatic carbocycles. The van der Waals surface area contributed by atoms with E-state index in [1.54, 1.807) is 6.20 Å². The Morgan fingerprint density at radius 3 is 2.85 bits per heavy atom. The highest BCUT2D eigenvalue weighted by Gasteiger charge is 2.20. The molecule has 6 heteroatoms. The number of nitrogens with zero attached hydrogens (tertiary/aromatic N) is 1. The normalized spacial score (nSPS) is 13.2. The molecule has 0 unspecified atom stereocenters. The van der Waals surface area contributed by atoms with E-state index in [-0.39, 0.29) is 12.5 Å². The summed E-state index contributed by atoms with van der Waals surface area (Å²) in [7, 11) is 1.83. The van der Waals surface area contributed by atoms with Gasteiger partial charge in [0, 0.05) is 60.0 Å². The van der Waals surface area contributed by atoms with Gasteiger partial charge in [-0.3, -0.25) is 9.78 Å². The molecule has 1 aliphatic heterocycles. The van der Waals surface area contributed by atoms with Crippen molar-refractivity contribution in [3.05, 3.63) is 59.4 Å². The molecule has 3 heterocycles. The molecule has 132 valence electrons. The van der Waals surface area contributed by atoms with Crippen LogP contribution in [0.2, 0.25) is 0 Å². The van der Waals surface area contributed by atoms with Gasteiger partial charge in [0.2, 0.25) is 0 Å². The molecule has 6 nitrogen and oxygen atoms in total. The molecule has 2 aromatic heterocycles. The van der Waals surface area contributed by atoms with Gasteiger partial charge in [-0.25, -0.2) is 0 Å². The molecule has 4 rings (SSSR count). The maximum atomic E-state index is 12.0. The Morgan fingerprint density at radius 1 is 1.19 bits per heavy atom. The van der Waals surface area contributed by atoms with Crippen molar-refractivity contribution < 1.29 is 9.90 Å². The number of benzene rings is 1. The van der Waals surface area contributed by atoms with Crippen molar-refractivity contribution in [3.8, 4) is 22.5 Å².